The first kappa shape index (κ1) is 23.7. The van der Waals surface area contributed by atoms with Crippen molar-refractivity contribution in [3.63, 3.8) is 0 Å². The molecule has 0 bridgehead atoms. The highest BCUT2D eigenvalue weighted by Crippen LogP contribution is 2.13. The third-order valence-corrected chi connectivity index (χ3v) is 4.84. The lowest BCUT2D eigenvalue weighted by atomic mass is 10.0. The van der Waals surface area contributed by atoms with Crippen LogP contribution in [-0.4, -0.2) is 25.5 Å². The van der Waals surface area contributed by atoms with Crippen LogP contribution in [-0.2, 0) is 0 Å². The van der Waals surface area contributed by atoms with E-state index in [1.165, 1.54) is 96.3 Å². The highest BCUT2D eigenvalue weighted by molar-refractivity contribution is 4.87. The van der Waals surface area contributed by atoms with Gasteiger partial charge in [-0.15, -0.1) is 0 Å². The van der Waals surface area contributed by atoms with Gasteiger partial charge in [-0.25, -0.2) is 0 Å². The van der Waals surface area contributed by atoms with E-state index < -0.39 is 0 Å². The lowest BCUT2D eigenvalue weighted by molar-refractivity contribution is 0.370. The van der Waals surface area contributed by atoms with Gasteiger partial charge in [0.15, 0.2) is 0 Å². The largest absolute Gasteiger partial charge is 0.309 e. The number of rotatable bonds is 18. The van der Waals surface area contributed by atoms with Crippen LogP contribution in [0.15, 0.2) is 12.2 Å². The molecule has 0 aliphatic rings. The van der Waals surface area contributed by atoms with Crippen LogP contribution in [0.1, 0.15) is 110 Å². The van der Waals surface area contributed by atoms with Gasteiger partial charge in [-0.3, -0.25) is 0 Å². The van der Waals surface area contributed by atoms with Crippen LogP contribution in [0.4, 0.5) is 0 Å². The van der Waals surface area contributed by atoms with Gasteiger partial charge in [0, 0.05) is 6.54 Å². The molecule has 0 rings (SSSR count). The molecule has 0 aromatic carbocycles. The van der Waals surface area contributed by atoms with Gasteiger partial charge >= 0.3 is 0 Å². The third-order valence-electron chi connectivity index (χ3n) is 4.84. The second kappa shape index (κ2) is 19.0. The average Bonchev–Trinajstić information content (AvgIpc) is 2.53. The van der Waals surface area contributed by atoms with Crippen molar-refractivity contribution in [2.45, 2.75) is 110 Å². The monoisotopic (exact) mass is 337 g/mol. The summed E-state index contributed by atoms with van der Waals surface area (Å²) in [6.07, 6.45) is 26.3. The zero-order valence-corrected chi connectivity index (χ0v) is 17.5. The van der Waals surface area contributed by atoms with Gasteiger partial charge in [0.1, 0.15) is 0 Å². The van der Waals surface area contributed by atoms with E-state index in [-0.39, 0.29) is 0 Å². The molecule has 1 atom stereocenters. The van der Waals surface area contributed by atoms with Crippen molar-refractivity contribution >= 4 is 0 Å². The molecule has 0 saturated heterocycles. The summed E-state index contributed by atoms with van der Waals surface area (Å²) in [5.41, 5.74) is 0. The lowest BCUT2D eigenvalue weighted by Crippen LogP contribution is -2.18. The fourth-order valence-electron chi connectivity index (χ4n) is 3.42. The first-order chi connectivity index (χ1) is 11.7. The molecule has 1 heteroatoms. The van der Waals surface area contributed by atoms with Crippen molar-refractivity contribution in [1.82, 2.24) is 4.90 Å². The first-order valence-electron chi connectivity index (χ1n) is 11.0. The van der Waals surface area contributed by atoms with E-state index in [0.29, 0.717) is 5.92 Å². The second-order valence-corrected chi connectivity index (χ2v) is 8.05. The van der Waals surface area contributed by atoms with Gasteiger partial charge in [0.2, 0.25) is 0 Å². The first-order valence-corrected chi connectivity index (χ1v) is 11.0. The Labute approximate surface area is 154 Å². The minimum Gasteiger partial charge on any atom is -0.309 e. The van der Waals surface area contributed by atoms with Crippen LogP contribution in [0.5, 0.6) is 0 Å². The Morgan fingerprint density at radius 2 is 1.08 bits per heavy atom. The molecule has 0 amide bonds. The van der Waals surface area contributed by atoms with E-state index in [1.807, 2.05) is 0 Å². The van der Waals surface area contributed by atoms with Gasteiger partial charge in [0.05, 0.1) is 0 Å². The summed E-state index contributed by atoms with van der Waals surface area (Å²) < 4.78 is 0. The van der Waals surface area contributed by atoms with E-state index in [2.05, 4.69) is 45.0 Å². The average molecular weight is 338 g/mol. The number of hydrogen-bond donors (Lipinski definition) is 0. The van der Waals surface area contributed by atoms with Gasteiger partial charge in [-0.1, -0.05) is 109 Å². The normalized spacial score (nSPS) is 13.2. The molecule has 0 aliphatic carbocycles. The Morgan fingerprint density at radius 1 is 0.667 bits per heavy atom. The molecular weight excluding hydrogens is 290 g/mol. The van der Waals surface area contributed by atoms with E-state index in [4.69, 9.17) is 0 Å². The molecule has 0 saturated carbocycles. The number of unbranched alkanes of at least 4 members (excludes halogenated alkanes) is 14. The maximum atomic E-state index is 2.40. The van der Waals surface area contributed by atoms with Crippen molar-refractivity contribution in [3.05, 3.63) is 12.2 Å². The van der Waals surface area contributed by atoms with E-state index >= 15 is 0 Å². The summed E-state index contributed by atoms with van der Waals surface area (Å²) >= 11 is 0. The van der Waals surface area contributed by atoms with E-state index in [9.17, 15) is 0 Å². The second-order valence-electron chi connectivity index (χ2n) is 8.05. The molecular formula is C23H47N. The van der Waals surface area contributed by atoms with Crippen molar-refractivity contribution in [1.29, 1.82) is 0 Å². The van der Waals surface area contributed by atoms with Crippen LogP contribution >= 0.6 is 0 Å². The molecule has 0 aromatic heterocycles. The summed E-state index contributed by atoms with van der Waals surface area (Å²) in [5.74, 6) is 0.687. The van der Waals surface area contributed by atoms with Crippen molar-refractivity contribution < 1.29 is 0 Å². The van der Waals surface area contributed by atoms with E-state index in [1.54, 1.807) is 0 Å². The molecule has 0 radical (unpaired) electrons. The summed E-state index contributed by atoms with van der Waals surface area (Å²) in [7, 11) is 4.30. The van der Waals surface area contributed by atoms with E-state index in [0.717, 1.165) is 6.54 Å². The van der Waals surface area contributed by atoms with Crippen molar-refractivity contribution in [2.75, 3.05) is 20.6 Å². The molecule has 0 aliphatic heterocycles. The lowest BCUT2D eigenvalue weighted by Gasteiger charge is -2.12. The molecule has 0 N–H and O–H groups in total. The Balaban J connectivity index is 3.14. The van der Waals surface area contributed by atoms with Gasteiger partial charge in [-0.05, 0) is 32.9 Å². The smallest absolute Gasteiger partial charge is 0.00356 e. The summed E-state index contributed by atoms with van der Waals surface area (Å²) in [6.45, 7) is 5.76. The van der Waals surface area contributed by atoms with Crippen molar-refractivity contribution in [3.8, 4) is 0 Å². The molecule has 144 valence electrons. The van der Waals surface area contributed by atoms with Gasteiger partial charge in [-0.2, -0.15) is 0 Å². The Morgan fingerprint density at radius 3 is 1.50 bits per heavy atom. The van der Waals surface area contributed by atoms with Crippen LogP contribution < -0.4 is 0 Å². The highest BCUT2D eigenvalue weighted by atomic mass is 15.0. The van der Waals surface area contributed by atoms with Gasteiger partial charge in [0.25, 0.3) is 0 Å². The zero-order valence-electron chi connectivity index (χ0n) is 17.5. The molecule has 24 heavy (non-hydrogen) atoms. The Kier molecular flexibility index (Phi) is 18.8. The van der Waals surface area contributed by atoms with Crippen molar-refractivity contribution in [2.24, 2.45) is 5.92 Å². The standard InChI is InChI=1S/C23H47N/c1-5-6-7-8-9-10-11-12-13-14-15-16-17-18-19-20-21-23(2)22-24(3)4/h20-21,23H,5-19,22H2,1-4H3. The summed E-state index contributed by atoms with van der Waals surface area (Å²) in [4.78, 5) is 2.27. The predicted molar refractivity (Wildman–Crippen MR) is 112 cm³/mol. The SMILES string of the molecule is CCCCCCCCCCCCCCCCC=CC(C)CN(C)C. The minimum atomic E-state index is 0.687. The summed E-state index contributed by atoms with van der Waals surface area (Å²) in [5, 5.41) is 0. The molecule has 1 unspecified atom stereocenters. The number of nitrogens with zero attached hydrogens (tertiary/aromatic N) is 1. The zero-order chi connectivity index (χ0) is 17.9. The maximum absolute atomic E-state index is 2.40. The Bertz CT molecular complexity index is 257. The van der Waals surface area contributed by atoms with Crippen LogP contribution in [0.2, 0.25) is 0 Å². The van der Waals surface area contributed by atoms with Crippen LogP contribution in [0, 0.1) is 5.92 Å². The Hall–Kier alpha value is -0.300. The minimum absolute atomic E-state index is 0.687. The molecule has 0 aromatic rings. The molecule has 0 heterocycles. The van der Waals surface area contributed by atoms with Crippen LogP contribution in [0.25, 0.3) is 0 Å². The topological polar surface area (TPSA) is 3.24 Å². The molecule has 0 spiro atoms. The fraction of sp³-hybridized carbons (Fsp3) is 0.913. The summed E-state index contributed by atoms with van der Waals surface area (Å²) in [6, 6.07) is 0. The quantitative estimate of drug-likeness (QED) is 0.184. The van der Waals surface area contributed by atoms with Crippen LogP contribution in [0.3, 0.4) is 0 Å². The molecule has 1 nitrogen and oxygen atoms in total. The third kappa shape index (κ3) is 19.7. The fourth-order valence-corrected chi connectivity index (χ4v) is 3.42. The number of hydrogen-bond acceptors (Lipinski definition) is 1. The highest BCUT2D eigenvalue weighted by Gasteiger charge is 1.97. The number of allylic oxidation sites excluding steroid dienone is 1. The predicted octanol–water partition coefficient (Wildman–Crippen LogP) is 7.61. The molecule has 0 fully saturated rings. The maximum Gasteiger partial charge on any atom is 0.00356 e. The van der Waals surface area contributed by atoms with Gasteiger partial charge < -0.3 is 4.90 Å².